The molecular formula is C18H26N4O2. The molecule has 2 aliphatic rings. The summed E-state index contributed by atoms with van der Waals surface area (Å²) in [5, 5.41) is 15.6. The molecular weight excluding hydrogens is 304 g/mol. The minimum Gasteiger partial charge on any atom is -0.378 e. The summed E-state index contributed by atoms with van der Waals surface area (Å²) in [5.41, 5.74) is 2.34. The Kier molecular flexibility index (Phi) is 4.43. The Morgan fingerprint density at radius 1 is 1.25 bits per heavy atom. The molecule has 2 heterocycles. The van der Waals surface area contributed by atoms with Gasteiger partial charge in [-0.2, -0.15) is 5.10 Å². The standard InChI is InChI=1S/C18H26N4O2/c1-13-23-17(24-13)11-19-12-18(7-3-2-4-8-18)21-15-5-6-16-14(9-15)10-20-22-16/h5-6,9-10,13,17,19,21H,2-4,7-8,11-12H2,1H3,(H,20,22). The van der Waals surface area contributed by atoms with Crippen molar-refractivity contribution in [2.45, 2.75) is 57.1 Å². The van der Waals surface area contributed by atoms with Crippen LogP contribution in [0.5, 0.6) is 0 Å². The lowest BCUT2D eigenvalue weighted by Crippen LogP contribution is -2.52. The monoisotopic (exact) mass is 330 g/mol. The molecule has 0 bridgehead atoms. The maximum atomic E-state index is 5.50. The first-order valence-electron chi connectivity index (χ1n) is 8.95. The van der Waals surface area contributed by atoms with Crippen molar-refractivity contribution in [2.75, 3.05) is 18.4 Å². The quantitative estimate of drug-likeness (QED) is 0.759. The van der Waals surface area contributed by atoms with Gasteiger partial charge in [-0.05, 0) is 38.0 Å². The third-order valence-electron chi connectivity index (χ3n) is 5.12. The molecule has 1 aromatic heterocycles. The molecule has 1 saturated heterocycles. The number of hydrogen-bond donors (Lipinski definition) is 3. The largest absolute Gasteiger partial charge is 0.378 e. The Bertz CT molecular complexity index is 674. The van der Waals surface area contributed by atoms with Crippen molar-refractivity contribution in [3.8, 4) is 0 Å². The van der Waals surface area contributed by atoms with E-state index in [0.717, 1.165) is 29.7 Å². The highest BCUT2D eigenvalue weighted by Gasteiger charge is 2.33. The van der Waals surface area contributed by atoms with Gasteiger partial charge in [-0.15, -0.1) is 0 Å². The summed E-state index contributed by atoms with van der Waals surface area (Å²) in [4.78, 5) is 0. The van der Waals surface area contributed by atoms with Crippen LogP contribution in [0.25, 0.3) is 10.9 Å². The topological polar surface area (TPSA) is 71.2 Å². The lowest BCUT2D eigenvalue weighted by molar-refractivity contribution is -0.372. The zero-order valence-corrected chi connectivity index (χ0v) is 14.2. The molecule has 6 nitrogen and oxygen atoms in total. The van der Waals surface area contributed by atoms with E-state index < -0.39 is 0 Å². The molecule has 0 atom stereocenters. The van der Waals surface area contributed by atoms with Crippen LogP contribution in [0.3, 0.4) is 0 Å². The Morgan fingerprint density at radius 3 is 2.88 bits per heavy atom. The predicted molar refractivity (Wildman–Crippen MR) is 93.8 cm³/mol. The van der Waals surface area contributed by atoms with Crippen molar-refractivity contribution < 1.29 is 9.47 Å². The van der Waals surface area contributed by atoms with Crippen molar-refractivity contribution in [1.82, 2.24) is 15.5 Å². The minimum atomic E-state index is -0.0945. The maximum Gasteiger partial charge on any atom is 0.176 e. The van der Waals surface area contributed by atoms with Gasteiger partial charge in [-0.25, -0.2) is 0 Å². The zero-order valence-electron chi connectivity index (χ0n) is 14.2. The molecule has 0 radical (unpaired) electrons. The molecule has 4 rings (SSSR count). The molecule has 1 aliphatic heterocycles. The van der Waals surface area contributed by atoms with Gasteiger partial charge in [0.1, 0.15) is 0 Å². The molecule has 2 fully saturated rings. The normalized spacial score (nSPS) is 26.2. The van der Waals surface area contributed by atoms with Crippen LogP contribution < -0.4 is 10.6 Å². The average Bonchev–Trinajstić information content (AvgIpc) is 3.02. The molecule has 6 heteroatoms. The molecule has 0 spiro atoms. The highest BCUT2D eigenvalue weighted by atomic mass is 16.9. The van der Waals surface area contributed by atoms with Crippen LogP contribution in [-0.2, 0) is 9.47 Å². The lowest BCUT2D eigenvalue weighted by Gasteiger charge is -2.40. The summed E-state index contributed by atoms with van der Waals surface area (Å²) >= 11 is 0. The summed E-state index contributed by atoms with van der Waals surface area (Å²) < 4.78 is 11.0. The summed E-state index contributed by atoms with van der Waals surface area (Å²) in [5.74, 6) is 0. The van der Waals surface area contributed by atoms with Gasteiger partial charge in [-0.3, -0.25) is 5.10 Å². The van der Waals surface area contributed by atoms with Crippen LogP contribution in [0.4, 0.5) is 5.69 Å². The van der Waals surface area contributed by atoms with Crippen molar-refractivity contribution in [2.24, 2.45) is 0 Å². The summed E-state index contributed by atoms with van der Waals surface area (Å²) in [6.07, 6.45) is 7.98. The Hall–Kier alpha value is -1.63. The van der Waals surface area contributed by atoms with Crippen LogP contribution in [0, 0.1) is 0 Å². The van der Waals surface area contributed by atoms with Gasteiger partial charge < -0.3 is 20.1 Å². The molecule has 1 aliphatic carbocycles. The number of rotatable bonds is 6. The number of fused-ring (bicyclic) bond motifs is 1. The smallest absolute Gasteiger partial charge is 0.176 e. The molecule has 0 amide bonds. The second kappa shape index (κ2) is 6.70. The predicted octanol–water partition coefficient (Wildman–Crippen LogP) is 2.99. The van der Waals surface area contributed by atoms with Gasteiger partial charge in [-0.1, -0.05) is 19.3 Å². The van der Waals surface area contributed by atoms with Gasteiger partial charge in [0, 0.05) is 29.7 Å². The Morgan fingerprint density at radius 2 is 2.08 bits per heavy atom. The summed E-state index contributed by atoms with van der Waals surface area (Å²) in [6.45, 7) is 3.59. The Balaban J connectivity index is 1.41. The van der Waals surface area contributed by atoms with Crippen molar-refractivity contribution >= 4 is 16.6 Å². The number of hydrogen-bond acceptors (Lipinski definition) is 5. The van der Waals surface area contributed by atoms with E-state index in [1.807, 2.05) is 13.1 Å². The van der Waals surface area contributed by atoms with Crippen LogP contribution in [0.15, 0.2) is 24.4 Å². The van der Waals surface area contributed by atoms with Crippen LogP contribution >= 0.6 is 0 Å². The van der Waals surface area contributed by atoms with Gasteiger partial charge in [0.2, 0.25) is 0 Å². The minimum absolute atomic E-state index is 0.0553. The van der Waals surface area contributed by atoms with E-state index in [1.54, 1.807) is 0 Å². The van der Waals surface area contributed by atoms with E-state index >= 15 is 0 Å². The van der Waals surface area contributed by atoms with Crippen LogP contribution in [-0.4, -0.2) is 41.4 Å². The first-order valence-corrected chi connectivity index (χ1v) is 8.95. The number of H-pyrrole nitrogens is 1. The van der Waals surface area contributed by atoms with E-state index in [9.17, 15) is 0 Å². The molecule has 0 unspecified atom stereocenters. The third-order valence-corrected chi connectivity index (χ3v) is 5.12. The van der Waals surface area contributed by atoms with E-state index in [4.69, 9.17) is 9.47 Å². The first kappa shape index (κ1) is 15.9. The number of nitrogens with one attached hydrogen (secondary N) is 3. The second-order valence-corrected chi connectivity index (χ2v) is 7.04. The van der Waals surface area contributed by atoms with Gasteiger partial charge in [0.25, 0.3) is 0 Å². The fraction of sp³-hybridized carbons (Fsp3) is 0.611. The van der Waals surface area contributed by atoms with Crippen molar-refractivity contribution in [1.29, 1.82) is 0 Å². The van der Waals surface area contributed by atoms with Gasteiger partial charge in [0.15, 0.2) is 12.6 Å². The van der Waals surface area contributed by atoms with Crippen LogP contribution in [0.1, 0.15) is 39.0 Å². The summed E-state index contributed by atoms with van der Waals surface area (Å²) in [6, 6.07) is 6.40. The van der Waals surface area contributed by atoms with Crippen molar-refractivity contribution in [3.05, 3.63) is 24.4 Å². The number of aromatic nitrogens is 2. The number of aromatic amines is 1. The maximum absolute atomic E-state index is 5.50. The molecule has 3 N–H and O–H groups in total. The van der Waals surface area contributed by atoms with Gasteiger partial charge in [0.05, 0.1) is 11.7 Å². The van der Waals surface area contributed by atoms with E-state index in [1.165, 1.54) is 32.1 Å². The molecule has 1 saturated carbocycles. The van der Waals surface area contributed by atoms with Crippen LogP contribution in [0.2, 0.25) is 0 Å². The summed E-state index contributed by atoms with van der Waals surface area (Å²) in [7, 11) is 0. The van der Waals surface area contributed by atoms with E-state index in [0.29, 0.717) is 0 Å². The number of nitrogens with zero attached hydrogens (tertiary/aromatic N) is 1. The molecule has 130 valence electrons. The molecule has 1 aromatic carbocycles. The second-order valence-electron chi connectivity index (χ2n) is 7.04. The fourth-order valence-electron chi connectivity index (χ4n) is 3.86. The number of ether oxygens (including phenoxy) is 2. The SMILES string of the molecule is CC1OC(CNCC2(Nc3ccc4[nH]ncc4c3)CCCCC2)O1. The van der Waals surface area contributed by atoms with E-state index in [-0.39, 0.29) is 18.1 Å². The van der Waals surface area contributed by atoms with Crippen molar-refractivity contribution in [3.63, 3.8) is 0 Å². The fourth-order valence-corrected chi connectivity index (χ4v) is 3.86. The average molecular weight is 330 g/mol. The first-order chi connectivity index (χ1) is 11.7. The lowest BCUT2D eigenvalue weighted by atomic mass is 9.81. The highest BCUT2D eigenvalue weighted by molar-refractivity contribution is 5.81. The Labute approximate surface area is 142 Å². The van der Waals surface area contributed by atoms with Gasteiger partial charge >= 0.3 is 0 Å². The zero-order chi connectivity index (χ0) is 16.4. The number of benzene rings is 1. The number of anilines is 1. The highest BCUT2D eigenvalue weighted by Crippen LogP contribution is 2.32. The molecule has 24 heavy (non-hydrogen) atoms. The third kappa shape index (κ3) is 3.41. The van der Waals surface area contributed by atoms with E-state index in [2.05, 4.69) is 39.0 Å². The molecule has 2 aromatic rings.